The summed E-state index contributed by atoms with van der Waals surface area (Å²) >= 11 is 9.79. The first-order valence-electron chi connectivity index (χ1n) is 13.0. The van der Waals surface area contributed by atoms with Crippen LogP contribution in [0.25, 0.3) is 0 Å². The van der Waals surface area contributed by atoms with Crippen molar-refractivity contribution in [3.05, 3.63) is 68.3 Å². The number of rotatable bonds is 6. The molecule has 5 rings (SSSR count). The van der Waals surface area contributed by atoms with E-state index in [-0.39, 0.29) is 23.8 Å². The van der Waals surface area contributed by atoms with Crippen molar-refractivity contribution < 1.29 is 23.8 Å². The van der Waals surface area contributed by atoms with Crippen LogP contribution < -0.4 is 9.47 Å². The van der Waals surface area contributed by atoms with Crippen LogP contribution in [0, 0.1) is 5.92 Å². The number of hydrogen-bond acceptors (Lipinski definition) is 6. The van der Waals surface area contributed by atoms with Crippen LogP contribution in [-0.2, 0) is 14.3 Å². The Morgan fingerprint density at radius 2 is 1.68 bits per heavy atom. The number of ketones is 1. The van der Waals surface area contributed by atoms with Crippen molar-refractivity contribution in [1.82, 2.24) is 0 Å². The van der Waals surface area contributed by atoms with Gasteiger partial charge < -0.3 is 14.2 Å². The number of allylic oxidation sites excluding steroid dienone is 2. The summed E-state index contributed by atoms with van der Waals surface area (Å²) in [5.74, 6) is -0.521. The van der Waals surface area contributed by atoms with Crippen LogP contribution in [0.3, 0.4) is 0 Å². The fourth-order valence-corrected chi connectivity index (χ4v) is 6.72. The third-order valence-corrected chi connectivity index (χ3v) is 8.85. The molecule has 0 aromatic heterocycles. The molecule has 2 aromatic rings. The van der Waals surface area contributed by atoms with Gasteiger partial charge in [-0.3, -0.25) is 14.6 Å². The maximum atomic E-state index is 13.9. The van der Waals surface area contributed by atoms with Crippen LogP contribution in [0.5, 0.6) is 11.5 Å². The Hall–Kier alpha value is -2.64. The lowest BCUT2D eigenvalue weighted by Crippen LogP contribution is -2.39. The molecule has 0 amide bonds. The lowest BCUT2D eigenvalue weighted by molar-refractivity contribution is -0.151. The summed E-state index contributed by atoms with van der Waals surface area (Å²) in [6, 6.07) is 11.3. The van der Waals surface area contributed by atoms with Crippen LogP contribution in [0.2, 0.25) is 5.02 Å². The largest absolute Gasteiger partial charge is 0.493 e. The van der Waals surface area contributed by atoms with Gasteiger partial charge in [0.2, 0.25) is 0 Å². The van der Waals surface area contributed by atoms with Crippen molar-refractivity contribution in [3.8, 4) is 11.5 Å². The Morgan fingerprint density at radius 3 is 2.34 bits per heavy atom. The monoisotopic (exact) mass is 599 g/mol. The lowest BCUT2D eigenvalue weighted by Gasteiger charge is -2.37. The van der Waals surface area contributed by atoms with Crippen molar-refractivity contribution in [2.24, 2.45) is 10.9 Å². The molecule has 1 fully saturated rings. The summed E-state index contributed by atoms with van der Waals surface area (Å²) in [6.45, 7) is 1.86. The molecule has 2 aliphatic carbocycles. The molecule has 3 atom stereocenters. The van der Waals surface area contributed by atoms with Crippen LogP contribution in [0.4, 0.5) is 0 Å². The van der Waals surface area contributed by atoms with Crippen molar-refractivity contribution in [1.29, 1.82) is 0 Å². The van der Waals surface area contributed by atoms with E-state index in [0.29, 0.717) is 40.6 Å². The second kappa shape index (κ2) is 11.2. The van der Waals surface area contributed by atoms with Gasteiger partial charge in [0.25, 0.3) is 0 Å². The predicted molar refractivity (Wildman–Crippen MR) is 150 cm³/mol. The van der Waals surface area contributed by atoms with Crippen molar-refractivity contribution in [2.45, 2.75) is 63.4 Å². The van der Waals surface area contributed by atoms with Crippen molar-refractivity contribution >= 4 is 45.0 Å². The molecule has 1 saturated carbocycles. The number of esters is 1. The molecule has 6 nitrogen and oxygen atoms in total. The maximum absolute atomic E-state index is 13.9. The predicted octanol–water partition coefficient (Wildman–Crippen LogP) is 7.18. The molecular formula is C30H31BrClNO5. The van der Waals surface area contributed by atoms with E-state index in [1.165, 1.54) is 0 Å². The molecule has 0 saturated heterocycles. The Kier molecular flexibility index (Phi) is 7.96. The van der Waals surface area contributed by atoms with Crippen LogP contribution >= 0.6 is 27.5 Å². The molecule has 38 heavy (non-hydrogen) atoms. The number of methoxy groups -OCH3 is 2. The SMILES string of the molecule is COc1cc(Br)c([C@@H]2C3=C(C[C@H](c4ccc(Cl)cc4)CC3=O)N=C(C)C2C(=O)OC2CCCC2)cc1OC. The summed E-state index contributed by atoms with van der Waals surface area (Å²) in [5, 5.41) is 0.657. The summed E-state index contributed by atoms with van der Waals surface area (Å²) < 4.78 is 17.8. The second-order valence-corrected chi connectivity index (χ2v) is 11.5. The molecule has 0 N–H and O–H groups in total. The van der Waals surface area contributed by atoms with E-state index >= 15 is 0 Å². The van der Waals surface area contributed by atoms with Gasteiger partial charge in [-0.25, -0.2) is 0 Å². The van der Waals surface area contributed by atoms with E-state index < -0.39 is 11.8 Å². The van der Waals surface area contributed by atoms with Crippen molar-refractivity contribution in [2.75, 3.05) is 14.2 Å². The quantitative estimate of drug-likeness (QED) is 0.328. The molecule has 1 unspecified atom stereocenters. The first-order chi connectivity index (χ1) is 18.3. The lowest BCUT2D eigenvalue weighted by atomic mass is 9.69. The number of Topliss-reactive ketones (excluding diaryl/α,β-unsaturated/α-hetero) is 1. The van der Waals surface area contributed by atoms with E-state index in [1.807, 2.05) is 43.3 Å². The average Bonchev–Trinajstić information content (AvgIpc) is 3.41. The molecule has 200 valence electrons. The fraction of sp³-hybridized carbons (Fsp3) is 0.433. The van der Waals surface area contributed by atoms with E-state index in [4.69, 9.17) is 30.8 Å². The summed E-state index contributed by atoms with van der Waals surface area (Å²) in [7, 11) is 3.15. The van der Waals surface area contributed by atoms with Gasteiger partial charge in [-0.1, -0.05) is 39.7 Å². The number of carbonyl (C=O) groups is 2. The first-order valence-corrected chi connectivity index (χ1v) is 14.2. The number of hydrogen-bond donors (Lipinski definition) is 0. The van der Waals surface area contributed by atoms with Gasteiger partial charge in [-0.05, 0) is 80.3 Å². The Labute approximate surface area is 236 Å². The number of halogens is 2. The molecule has 2 aromatic carbocycles. The standard InChI is InChI=1S/C30H31BrClNO5/c1-16-27(30(35)38-20-6-4-5-7-20)28(21-14-25(36-2)26(37-3)15-22(21)31)29-23(33-16)12-18(13-24(29)34)17-8-10-19(32)11-9-17/h8-11,14-15,18,20,27-28H,4-7,12-13H2,1-3H3/t18-,27?,28-/m0/s1. The number of carbonyl (C=O) groups excluding carboxylic acids is 2. The minimum absolute atomic E-state index is 0.00667. The third-order valence-electron chi connectivity index (χ3n) is 7.91. The van der Waals surface area contributed by atoms with Gasteiger partial charge in [0, 0.05) is 38.8 Å². The van der Waals surface area contributed by atoms with Gasteiger partial charge in [0.05, 0.1) is 14.2 Å². The zero-order valence-corrected chi connectivity index (χ0v) is 24.1. The summed E-state index contributed by atoms with van der Waals surface area (Å²) in [5.41, 5.74) is 3.80. The normalized spacial score (nSPS) is 23.7. The minimum Gasteiger partial charge on any atom is -0.493 e. The second-order valence-electron chi connectivity index (χ2n) is 10.2. The van der Waals surface area contributed by atoms with Gasteiger partial charge in [-0.2, -0.15) is 0 Å². The zero-order valence-electron chi connectivity index (χ0n) is 21.8. The minimum atomic E-state index is -0.709. The number of nitrogens with zero attached hydrogens (tertiary/aromatic N) is 1. The molecule has 0 bridgehead atoms. The highest BCUT2D eigenvalue weighted by molar-refractivity contribution is 9.10. The Bertz CT molecular complexity index is 1310. The smallest absolute Gasteiger partial charge is 0.315 e. The van der Waals surface area contributed by atoms with Crippen LogP contribution in [-0.4, -0.2) is 37.8 Å². The molecule has 8 heteroatoms. The molecule has 1 aliphatic heterocycles. The van der Waals surface area contributed by atoms with E-state index in [2.05, 4.69) is 15.9 Å². The van der Waals surface area contributed by atoms with Gasteiger partial charge >= 0.3 is 5.97 Å². The first kappa shape index (κ1) is 26.9. The van der Waals surface area contributed by atoms with Crippen molar-refractivity contribution in [3.63, 3.8) is 0 Å². The molecule has 0 spiro atoms. The zero-order chi connectivity index (χ0) is 27.0. The molecule has 0 radical (unpaired) electrons. The molecule has 1 heterocycles. The van der Waals surface area contributed by atoms with E-state index in [0.717, 1.165) is 47.0 Å². The Morgan fingerprint density at radius 1 is 1.03 bits per heavy atom. The highest BCUT2D eigenvalue weighted by Crippen LogP contribution is 2.50. The third kappa shape index (κ3) is 5.15. The number of benzene rings is 2. The summed E-state index contributed by atoms with van der Waals surface area (Å²) in [4.78, 5) is 32.5. The van der Waals surface area contributed by atoms with Crippen LogP contribution in [0.1, 0.15) is 68.4 Å². The average molecular weight is 601 g/mol. The van der Waals surface area contributed by atoms with Gasteiger partial charge in [0.15, 0.2) is 17.3 Å². The fourth-order valence-electron chi connectivity index (χ4n) is 6.02. The highest BCUT2D eigenvalue weighted by atomic mass is 79.9. The van der Waals surface area contributed by atoms with E-state index in [9.17, 15) is 9.59 Å². The van der Waals surface area contributed by atoms with Crippen LogP contribution in [0.15, 0.2) is 57.1 Å². The molecule has 3 aliphatic rings. The number of aliphatic imine (C=N–C) groups is 1. The number of ether oxygens (including phenoxy) is 3. The maximum Gasteiger partial charge on any atom is 0.315 e. The van der Waals surface area contributed by atoms with Gasteiger partial charge in [-0.15, -0.1) is 0 Å². The Balaban J connectivity index is 1.60. The topological polar surface area (TPSA) is 74.2 Å². The summed E-state index contributed by atoms with van der Waals surface area (Å²) in [6.07, 6.45) is 4.70. The van der Waals surface area contributed by atoms with Gasteiger partial charge in [0.1, 0.15) is 12.0 Å². The highest BCUT2D eigenvalue weighted by Gasteiger charge is 2.46. The van der Waals surface area contributed by atoms with E-state index in [1.54, 1.807) is 14.2 Å². The molecular weight excluding hydrogens is 570 g/mol.